The summed E-state index contributed by atoms with van der Waals surface area (Å²) in [5.41, 5.74) is 0.976. The van der Waals surface area contributed by atoms with Crippen molar-refractivity contribution in [3.8, 4) is 5.75 Å². The molecule has 2 fully saturated rings. The topological polar surface area (TPSA) is 113 Å². The van der Waals surface area contributed by atoms with Crippen molar-refractivity contribution in [2.24, 2.45) is 11.0 Å². The predicted molar refractivity (Wildman–Crippen MR) is 164 cm³/mol. The molecule has 2 saturated heterocycles. The number of carbonyl (C=O) groups is 3. The van der Waals surface area contributed by atoms with E-state index in [9.17, 15) is 14.4 Å². The lowest BCUT2D eigenvalue weighted by Gasteiger charge is -2.47. The Balaban J connectivity index is 1.52. The van der Waals surface area contributed by atoms with Crippen molar-refractivity contribution in [3.63, 3.8) is 0 Å². The van der Waals surface area contributed by atoms with Gasteiger partial charge in [0.15, 0.2) is 5.71 Å². The average molecular weight is 592 g/mol. The zero-order chi connectivity index (χ0) is 30.4. The second-order valence-electron chi connectivity index (χ2n) is 10.8. The number of nitrogens with one attached hydrogen (secondary N) is 1. The summed E-state index contributed by atoms with van der Waals surface area (Å²) in [7, 11) is 1.59. The number of esters is 1. The van der Waals surface area contributed by atoms with Gasteiger partial charge in [-0.15, -0.1) is 0 Å². The maximum atomic E-state index is 14.8. The number of nitrogens with zero attached hydrogens (tertiary/aromatic N) is 4. The largest absolute Gasteiger partial charge is 0.497 e. The fourth-order valence-corrected chi connectivity index (χ4v) is 6.10. The molecule has 0 bridgehead atoms. The third-order valence-corrected chi connectivity index (χ3v) is 8.18. The van der Waals surface area contributed by atoms with E-state index in [4.69, 9.17) is 19.3 Å². The highest BCUT2D eigenvalue weighted by Crippen LogP contribution is 2.43. The van der Waals surface area contributed by atoms with Gasteiger partial charge in [0, 0.05) is 44.0 Å². The summed E-state index contributed by atoms with van der Waals surface area (Å²) in [6, 6.07) is 14.8. The molecule has 0 saturated carbocycles. The molecule has 3 aliphatic rings. The molecular formula is C32H41N5O6. The van der Waals surface area contributed by atoms with Crippen LogP contribution in [0.1, 0.15) is 46.0 Å². The molecule has 0 radical (unpaired) electrons. The summed E-state index contributed by atoms with van der Waals surface area (Å²) in [6.07, 6.45) is 3.79. The number of hydrogen-bond donors (Lipinski definition) is 1. The molecule has 5 rings (SSSR count). The smallest absolute Gasteiger partial charge is 0.354 e. The van der Waals surface area contributed by atoms with Crippen LogP contribution in [0.4, 0.5) is 17.1 Å². The van der Waals surface area contributed by atoms with E-state index < -0.39 is 17.6 Å². The van der Waals surface area contributed by atoms with E-state index in [1.165, 1.54) is 0 Å². The van der Waals surface area contributed by atoms with Crippen LogP contribution in [0.15, 0.2) is 53.6 Å². The Morgan fingerprint density at radius 1 is 0.953 bits per heavy atom. The van der Waals surface area contributed by atoms with E-state index in [1.807, 2.05) is 48.2 Å². The van der Waals surface area contributed by atoms with Gasteiger partial charge in [0.05, 0.1) is 31.9 Å². The van der Waals surface area contributed by atoms with E-state index in [0.717, 1.165) is 24.9 Å². The third kappa shape index (κ3) is 5.96. The SMILES string of the molecule is CCCOCCNC12C(=O)N(c3ccc(N4CCCCC4=O)cc3)CCC1C(C(=O)OCC)=NN2c1ccc(OC)cc1. The average Bonchev–Trinajstić information content (AvgIpc) is 3.38. The van der Waals surface area contributed by atoms with Crippen LogP contribution in [-0.2, 0) is 23.9 Å². The van der Waals surface area contributed by atoms with Gasteiger partial charge in [-0.2, -0.15) is 5.10 Å². The van der Waals surface area contributed by atoms with Gasteiger partial charge in [0.2, 0.25) is 11.6 Å². The van der Waals surface area contributed by atoms with E-state index >= 15 is 0 Å². The molecule has 2 amide bonds. The number of amides is 2. The predicted octanol–water partition coefficient (Wildman–Crippen LogP) is 3.72. The van der Waals surface area contributed by atoms with Crippen molar-refractivity contribution >= 4 is 40.6 Å². The Morgan fingerprint density at radius 2 is 1.65 bits per heavy atom. The second-order valence-corrected chi connectivity index (χ2v) is 10.8. The van der Waals surface area contributed by atoms with Crippen LogP contribution in [0.25, 0.3) is 0 Å². The number of fused-ring (bicyclic) bond motifs is 1. The Kier molecular flexibility index (Phi) is 9.62. The Hall–Kier alpha value is -3.96. The molecule has 11 heteroatoms. The lowest BCUT2D eigenvalue weighted by Crippen LogP contribution is -2.72. The Bertz CT molecular complexity index is 1330. The zero-order valence-electron chi connectivity index (χ0n) is 25.2. The summed E-state index contributed by atoms with van der Waals surface area (Å²) >= 11 is 0. The lowest BCUT2D eigenvalue weighted by molar-refractivity contribution is -0.135. The first-order valence-electron chi connectivity index (χ1n) is 15.2. The number of anilines is 3. The minimum atomic E-state index is -1.40. The van der Waals surface area contributed by atoms with Gasteiger partial charge in [-0.25, -0.2) is 9.80 Å². The quantitative estimate of drug-likeness (QED) is 0.294. The fraction of sp³-hybridized carbons (Fsp3) is 0.500. The van der Waals surface area contributed by atoms with Crippen LogP contribution in [0.5, 0.6) is 5.75 Å². The van der Waals surface area contributed by atoms with Crippen LogP contribution in [0.3, 0.4) is 0 Å². The van der Waals surface area contributed by atoms with Crippen molar-refractivity contribution in [1.29, 1.82) is 0 Å². The van der Waals surface area contributed by atoms with E-state index in [0.29, 0.717) is 62.8 Å². The number of carbonyl (C=O) groups excluding carboxylic acids is 3. The highest BCUT2D eigenvalue weighted by molar-refractivity contribution is 6.40. The van der Waals surface area contributed by atoms with E-state index in [-0.39, 0.29) is 24.1 Å². The summed E-state index contributed by atoms with van der Waals surface area (Å²) in [4.78, 5) is 44.0. The van der Waals surface area contributed by atoms with E-state index in [1.54, 1.807) is 36.1 Å². The molecule has 43 heavy (non-hydrogen) atoms. The summed E-state index contributed by atoms with van der Waals surface area (Å²) < 4.78 is 16.5. The van der Waals surface area contributed by atoms with E-state index in [2.05, 4.69) is 5.32 Å². The number of rotatable bonds is 12. The molecular weight excluding hydrogens is 550 g/mol. The number of hydrazone groups is 1. The number of methoxy groups -OCH3 is 1. The molecule has 2 aromatic rings. The fourth-order valence-electron chi connectivity index (χ4n) is 6.10. The van der Waals surface area contributed by atoms with Crippen molar-refractivity contribution in [2.45, 2.75) is 51.6 Å². The molecule has 0 spiro atoms. The first-order chi connectivity index (χ1) is 20.9. The first-order valence-corrected chi connectivity index (χ1v) is 15.2. The highest BCUT2D eigenvalue weighted by Gasteiger charge is 2.62. The summed E-state index contributed by atoms with van der Waals surface area (Å²) in [5, 5.41) is 9.87. The standard InChI is InChI=1S/C32H41N5O6/c1-4-21-42-22-18-33-32-27(29(30(39)43-5-2)34-37(32)25-13-15-26(41-3)16-14-25)17-20-36(31(32)40)24-11-9-23(10-12-24)35-19-7-6-8-28(35)38/h9-16,27,33H,4-8,17-22H2,1-3H3. The third-order valence-electron chi connectivity index (χ3n) is 8.18. The Labute approximate surface area is 252 Å². The monoisotopic (exact) mass is 591 g/mol. The number of benzene rings is 2. The summed E-state index contributed by atoms with van der Waals surface area (Å²) in [5.74, 6) is -0.551. The van der Waals surface area contributed by atoms with Crippen LogP contribution in [-0.4, -0.2) is 75.7 Å². The van der Waals surface area contributed by atoms with Crippen molar-refractivity contribution in [3.05, 3.63) is 48.5 Å². The normalized spacial score (nSPS) is 22.0. The van der Waals surface area contributed by atoms with Gasteiger partial charge in [-0.05, 0) is 81.1 Å². The molecule has 0 aromatic heterocycles. The van der Waals surface area contributed by atoms with Crippen LogP contribution < -0.4 is 24.9 Å². The number of piperidine rings is 2. The second kappa shape index (κ2) is 13.6. The van der Waals surface area contributed by atoms with Gasteiger partial charge in [0.25, 0.3) is 5.91 Å². The van der Waals surface area contributed by atoms with Gasteiger partial charge in [-0.1, -0.05) is 6.92 Å². The van der Waals surface area contributed by atoms with Crippen LogP contribution in [0.2, 0.25) is 0 Å². The van der Waals surface area contributed by atoms with Crippen molar-refractivity contribution < 1.29 is 28.6 Å². The molecule has 2 aromatic carbocycles. The molecule has 2 unspecified atom stereocenters. The molecule has 3 aliphatic heterocycles. The van der Waals surface area contributed by atoms with Gasteiger partial charge < -0.3 is 24.0 Å². The molecule has 11 nitrogen and oxygen atoms in total. The first kappa shape index (κ1) is 30.5. The number of ether oxygens (including phenoxy) is 3. The van der Waals surface area contributed by atoms with Crippen LogP contribution >= 0.6 is 0 Å². The van der Waals surface area contributed by atoms with Crippen molar-refractivity contribution in [1.82, 2.24) is 5.32 Å². The van der Waals surface area contributed by atoms with Crippen molar-refractivity contribution in [2.75, 3.05) is 61.4 Å². The molecule has 1 N–H and O–H groups in total. The molecule has 0 aliphatic carbocycles. The van der Waals surface area contributed by atoms with Crippen LogP contribution in [0, 0.1) is 5.92 Å². The maximum Gasteiger partial charge on any atom is 0.354 e. The Morgan fingerprint density at radius 3 is 2.30 bits per heavy atom. The minimum absolute atomic E-state index is 0.120. The van der Waals surface area contributed by atoms with Gasteiger partial charge in [0.1, 0.15) is 5.75 Å². The molecule has 3 heterocycles. The summed E-state index contributed by atoms with van der Waals surface area (Å²) in [6.45, 7) is 6.43. The number of hydrogen-bond acceptors (Lipinski definition) is 9. The minimum Gasteiger partial charge on any atom is -0.497 e. The molecule has 2 atom stereocenters. The highest BCUT2D eigenvalue weighted by atomic mass is 16.5. The maximum absolute atomic E-state index is 14.8. The van der Waals surface area contributed by atoms with Gasteiger partial charge in [-0.3, -0.25) is 14.9 Å². The lowest BCUT2D eigenvalue weighted by atomic mass is 9.81. The van der Waals surface area contributed by atoms with Gasteiger partial charge >= 0.3 is 5.97 Å². The zero-order valence-corrected chi connectivity index (χ0v) is 25.2. The molecule has 230 valence electrons.